The van der Waals surface area contributed by atoms with Gasteiger partial charge in [-0.25, -0.2) is 0 Å². The highest BCUT2D eigenvalue weighted by Crippen LogP contribution is 2.07. The zero-order valence-electron chi connectivity index (χ0n) is 11.7. The van der Waals surface area contributed by atoms with Gasteiger partial charge in [0, 0.05) is 18.6 Å². The number of hydrogen-bond donors (Lipinski definition) is 0. The Morgan fingerprint density at radius 1 is 1.12 bits per heavy atom. The molecule has 0 fully saturated rings. The molecule has 16 heavy (non-hydrogen) atoms. The Morgan fingerprint density at radius 2 is 1.62 bits per heavy atom. The van der Waals surface area contributed by atoms with Gasteiger partial charge in [0.1, 0.15) is 6.04 Å². The number of methoxy groups -OCH3 is 1. The van der Waals surface area contributed by atoms with Crippen LogP contribution in [0.3, 0.4) is 0 Å². The standard InChI is InChI=1S/C12H26N2O2/c1-9(2)13(5)8-11(12(15)16-7)14(6)10(3)4/h9-11H,8H2,1-7H3. The summed E-state index contributed by atoms with van der Waals surface area (Å²) in [5.74, 6) is -0.163. The van der Waals surface area contributed by atoms with Gasteiger partial charge in [0.25, 0.3) is 0 Å². The molecule has 0 rings (SSSR count). The Bertz CT molecular complexity index is 217. The number of nitrogens with zero attached hydrogens (tertiary/aromatic N) is 2. The third kappa shape index (κ3) is 4.49. The van der Waals surface area contributed by atoms with Gasteiger partial charge < -0.3 is 9.64 Å². The van der Waals surface area contributed by atoms with Gasteiger partial charge in [-0.3, -0.25) is 9.69 Å². The van der Waals surface area contributed by atoms with E-state index in [1.165, 1.54) is 7.11 Å². The molecule has 1 unspecified atom stereocenters. The summed E-state index contributed by atoms with van der Waals surface area (Å²) in [5, 5.41) is 0. The molecule has 0 spiro atoms. The zero-order valence-corrected chi connectivity index (χ0v) is 11.7. The van der Waals surface area contributed by atoms with Gasteiger partial charge in [-0.05, 0) is 41.8 Å². The number of hydrogen-bond acceptors (Lipinski definition) is 4. The Morgan fingerprint density at radius 3 is 1.94 bits per heavy atom. The Labute approximate surface area is 99.5 Å². The minimum absolute atomic E-state index is 0.163. The lowest BCUT2D eigenvalue weighted by molar-refractivity contribution is -0.148. The SMILES string of the molecule is COC(=O)C(CN(C)C(C)C)N(C)C(C)C. The van der Waals surface area contributed by atoms with Crippen LogP contribution in [0, 0.1) is 0 Å². The molecule has 4 heteroatoms. The number of carbonyl (C=O) groups excluding carboxylic acids is 1. The molecule has 0 saturated carbocycles. The predicted molar refractivity (Wildman–Crippen MR) is 66.5 cm³/mol. The highest BCUT2D eigenvalue weighted by Gasteiger charge is 2.27. The summed E-state index contributed by atoms with van der Waals surface area (Å²) in [6, 6.07) is 0.551. The van der Waals surface area contributed by atoms with E-state index < -0.39 is 0 Å². The fraction of sp³-hybridized carbons (Fsp3) is 0.917. The van der Waals surface area contributed by atoms with Gasteiger partial charge in [0.2, 0.25) is 0 Å². The average Bonchev–Trinajstić information content (AvgIpc) is 2.23. The van der Waals surface area contributed by atoms with Crippen LogP contribution in [0.15, 0.2) is 0 Å². The van der Waals surface area contributed by atoms with Crippen molar-refractivity contribution in [2.24, 2.45) is 0 Å². The number of rotatable bonds is 6. The average molecular weight is 230 g/mol. The van der Waals surface area contributed by atoms with Gasteiger partial charge in [0.15, 0.2) is 0 Å². The van der Waals surface area contributed by atoms with Crippen LogP contribution >= 0.6 is 0 Å². The van der Waals surface area contributed by atoms with Gasteiger partial charge in [-0.2, -0.15) is 0 Å². The van der Waals surface area contributed by atoms with Crippen molar-refractivity contribution in [1.29, 1.82) is 0 Å². The van der Waals surface area contributed by atoms with Crippen molar-refractivity contribution in [3.05, 3.63) is 0 Å². The molecule has 0 amide bonds. The third-order valence-electron chi connectivity index (χ3n) is 3.12. The van der Waals surface area contributed by atoms with Gasteiger partial charge in [0.05, 0.1) is 7.11 Å². The topological polar surface area (TPSA) is 32.8 Å². The van der Waals surface area contributed by atoms with E-state index in [1.54, 1.807) is 0 Å². The number of carbonyl (C=O) groups is 1. The second-order valence-electron chi connectivity index (χ2n) is 4.83. The van der Waals surface area contributed by atoms with Crippen LogP contribution in [0.25, 0.3) is 0 Å². The molecule has 0 aromatic carbocycles. The van der Waals surface area contributed by atoms with E-state index in [0.717, 1.165) is 0 Å². The van der Waals surface area contributed by atoms with Crippen LogP contribution in [0.5, 0.6) is 0 Å². The second kappa shape index (κ2) is 6.86. The van der Waals surface area contributed by atoms with E-state index >= 15 is 0 Å². The maximum absolute atomic E-state index is 11.7. The second-order valence-corrected chi connectivity index (χ2v) is 4.83. The highest BCUT2D eigenvalue weighted by molar-refractivity contribution is 5.76. The van der Waals surface area contributed by atoms with E-state index in [9.17, 15) is 4.79 Å². The summed E-state index contributed by atoms with van der Waals surface area (Å²) in [7, 11) is 5.42. The third-order valence-corrected chi connectivity index (χ3v) is 3.12. The lowest BCUT2D eigenvalue weighted by atomic mass is 10.2. The van der Waals surface area contributed by atoms with E-state index in [1.807, 2.05) is 19.0 Å². The minimum atomic E-state index is -0.197. The zero-order chi connectivity index (χ0) is 12.9. The quantitative estimate of drug-likeness (QED) is 0.642. The molecular weight excluding hydrogens is 204 g/mol. The molecule has 0 saturated heterocycles. The van der Waals surface area contributed by atoms with Crippen molar-refractivity contribution >= 4 is 5.97 Å². The molecule has 0 bridgehead atoms. The molecule has 0 N–H and O–H groups in total. The molecule has 0 aromatic heterocycles. The highest BCUT2D eigenvalue weighted by atomic mass is 16.5. The van der Waals surface area contributed by atoms with Crippen LogP contribution < -0.4 is 0 Å². The summed E-state index contributed by atoms with van der Waals surface area (Å²) in [5.41, 5.74) is 0. The van der Waals surface area contributed by atoms with Crippen molar-refractivity contribution in [1.82, 2.24) is 9.80 Å². The first-order chi connectivity index (χ1) is 7.31. The molecule has 0 heterocycles. The van der Waals surface area contributed by atoms with Crippen molar-refractivity contribution < 1.29 is 9.53 Å². The molecule has 0 aromatic rings. The molecule has 0 aliphatic heterocycles. The summed E-state index contributed by atoms with van der Waals surface area (Å²) >= 11 is 0. The van der Waals surface area contributed by atoms with E-state index in [4.69, 9.17) is 4.74 Å². The van der Waals surface area contributed by atoms with Crippen LogP contribution in [0.4, 0.5) is 0 Å². The van der Waals surface area contributed by atoms with Crippen molar-refractivity contribution in [2.75, 3.05) is 27.7 Å². The molecule has 4 nitrogen and oxygen atoms in total. The maximum atomic E-state index is 11.7. The molecule has 0 aliphatic rings. The first-order valence-corrected chi connectivity index (χ1v) is 5.81. The number of likely N-dealkylation sites (N-methyl/N-ethyl adjacent to an activating group) is 2. The maximum Gasteiger partial charge on any atom is 0.324 e. The molecule has 0 aliphatic carbocycles. The monoisotopic (exact) mass is 230 g/mol. The van der Waals surface area contributed by atoms with Gasteiger partial charge >= 0.3 is 5.97 Å². The van der Waals surface area contributed by atoms with Crippen molar-refractivity contribution in [2.45, 2.75) is 45.8 Å². The van der Waals surface area contributed by atoms with Gasteiger partial charge in [-0.1, -0.05) is 0 Å². The smallest absolute Gasteiger partial charge is 0.324 e. The van der Waals surface area contributed by atoms with E-state index in [-0.39, 0.29) is 12.0 Å². The fourth-order valence-electron chi connectivity index (χ4n) is 1.35. The number of esters is 1. The van der Waals surface area contributed by atoms with Crippen LogP contribution in [-0.2, 0) is 9.53 Å². The molecule has 0 radical (unpaired) electrons. The molecular formula is C12H26N2O2. The van der Waals surface area contributed by atoms with E-state index in [0.29, 0.717) is 18.6 Å². The first kappa shape index (κ1) is 15.4. The minimum Gasteiger partial charge on any atom is -0.468 e. The van der Waals surface area contributed by atoms with Crippen LogP contribution in [0.2, 0.25) is 0 Å². The van der Waals surface area contributed by atoms with Crippen molar-refractivity contribution in [3.8, 4) is 0 Å². The predicted octanol–water partition coefficient (Wildman–Crippen LogP) is 1.21. The van der Waals surface area contributed by atoms with E-state index in [2.05, 4.69) is 32.6 Å². The Kier molecular flexibility index (Phi) is 6.60. The fourth-order valence-corrected chi connectivity index (χ4v) is 1.35. The number of ether oxygens (including phenoxy) is 1. The largest absolute Gasteiger partial charge is 0.468 e. The van der Waals surface area contributed by atoms with Gasteiger partial charge in [-0.15, -0.1) is 0 Å². The summed E-state index contributed by atoms with van der Waals surface area (Å²) in [4.78, 5) is 15.9. The molecule has 96 valence electrons. The summed E-state index contributed by atoms with van der Waals surface area (Å²) < 4.78 is 4.86. The van der Waals surface area contributed by atoms with Crippen LogP contribution in [-0.4, -0.2) is 61.6 Å². The molecule has 1 atom stereocenters. The Hall–Kier alpha value is -0.610. The van der Waals surface area contributed by atoms with Crippen LogP contribution in [0.1, 0.15) is 27.7 Å². The normalized spacial score (nSPS) is 13.9. The lowest BCUT2D eigenvalue weighted by Gasteiger charge is -2.33. The van der Waals surface area contributed by atoms with Crippen molar-refractivity contribution in [3.63, 3.8) is 0 Å². The summed E-state index contributed by atoms with van der Waals surface area (Å²) in [6.07, 6.45) is 0. The summed E-state index contributed by atoms with van der Waals surface area (Å²) in [6.45, 7) is 9.07. The Balaban J connectivity index is 4.62. The first-order valence-electron chi connectivity index (χ1n) is 5.81. The lowest BCUT2D eigenvalue weighted by Crippen LogP contribution is -2.50.